The average molecular weight is 1210 g/mol. The van der Waals surface area contributed by atoms with E-state index in [1.165, 1.54) is 84.7 Å². The van der Waals surface area contributed by atoms with Crippen LogP contribution in [0, 0.1) is 0 Å². The van der Waals surface area contributed by atoms with Crippen molar-refractivity contribution in [1.82, 2.24) is 29.1 Å². The summed E-state index contributed by atoms with van der Waals surface area (Å²) in [5.41, 5.74) is 19.3. The monoisotopic (exact) mass is 1210 g/mol. The number of hydrogen-bond acceptors (Lipinski definition) is 6. The third-order valence-electron chi connectivity index (χ3n) is 17.2. The van der Waals surface area contributed by atoms with E-state index in [4.69, 9.17) is 19.9 Å². The normalized spacial score (nSPS) is 11.5. The molecule has 0 unspecified atom stereocenters. The average Bonchev–Trinajstić information content (AvgIpc) is 1.58. The number of hydrogen-bond donors (Lipinski definition) is 0. The molecule has 0 atom stereocenters. The lowest BCUT2D eigenvalue weighted by Crippen LogP contribution is -1.98. The summed E-state index contributed by atoms with van der Waals surface area (Å²) >= 11 is 3.74. The SMILES string of the molecule is c1ccc(-c2cc(-c3cccc(-n4c5ccccc5c5c6sc(-c7ccccc7)cc6ccc54)c3)nc(-c3ccccc3)n2)cc1.c1ccc(-c2cc(-c3ccccc3)nc(-c3cccc(-n4c5ccccc5c5c6sc(-c7ccccc7)cc6ccc54)c3)n2)cc1. The van der Waals surface area contributed by atoms with Gasteiger partial charge < -0.3 is 9.13 Å². The first-order chi connectivity index (χ1) is 45.6. The molecule has 12 aromatic carbocycles. The molecule has 432 valence electrons. The van der Waals surface area contributed by atoms with Crippen molar-refractivity contribution in [1.29, 1.82) is 0 Å². The van der Waals surface area contributed by atoms with Gasteiger partial charge in [0.2, 0.25) is 0 Å². The standard InChI is InChI=1S/2C42H27N3S/c1-4-13-28(14-5-1)35-27-36(29-15-6-2-7-16-29)44-42(43-35)32-19-12-20-33(25-32)45-37-22-11-10-21-34(37)40-38(45)24-23-31-26-39(46-41(31)40)30-17-8-3-9-18-30;1-4-13-28(14-5-1)35-27-36(44-42(43-35)30-17-8-3-9-18-30)31-19-12-20-33(25-31)45-37-22-11-10-21-34(37)40-38(45)24-23-32-26-39(46-41(32)40)29-15-6-2-7-16-29/h2*1-27H. The number of thiophene rings is 2. The molecule has 0 amide bonds. The zero-order valence-electron chi connectivity index (χ0n) is 49.7. The Morgan fingerprint density at radius 3 is 0.978 bits per heavy atom. The van der Waals surface area contributed by atoms with Crippen LogP contribution in [-0.4, -0.2) is 29.1 Å². The summed E-state index contributed by atoms with van der Waals surface area (Å²) in [7, 11) is 0. The highest BCUT2D eigenvalue weighted by atomic mass is 32.1. The molecule has 0 saturated heterocycles. The van der Waals surface area contributed by atoms with Crippen molar-refractivity contribution >= 4 is 86.5 Å². The minimum Gasteiger partial charge on any atom is -0.309 e. The Morgan fingerprint density at radius 2 is 0.554 bits per heavy atom. The van der Waals surface area contributed by atoms with Crippen molar-refractivity contribution in [3.8, 4) is 100 Å². The number of nitrogens with zero attached hydrogens (tertiary/aromatic N) is 6. The second kappa shape index (κ2) is 23.4. The third kappa shape index (κ3) is 10.0. The molecule has 0 aliphatic heterocycles. The van der Waals surface area contributed by atoms with Crippen molar-refractivity contribution in [2.45, 2.75) is 0 Å². The Kier molecular flexibility index (Phi) is 13.8. The quantitative estimate of drug-likeness (QED) is 0.137. The first-order valence-corrected chi connectivity index (χ1v) is 32.5. The number of rotatable bonds is 10. The van der Waals surface area contributed by atoms with Gasteiger partial charge in [-0.3, -0.25) is 0 Å². The fourth-order valence-electron chi connectivity index (χ4n) is 12.9. The molecular formula is C84H54N6S2. The first kappa shape index (κ1) is 54.5. The van der Waals surface area contributed by atoms with E-state index in [0.29, 0.717) is 11.6 Å². The van der Waals surface area contributed by atoms with E-state index in [2.05, 4.69) is 300 Å². The third-order valence-corrected chi connectivity index (χ3v) is 19.6. The summed E-state index contributed by atoms with van der Waals surface area (Å²) in [6.07, 6.45) is 0. The molecule has 0 bridgehead atoms. The number of para-hydroxylation sites is 2. The van der Waals surface area contributed by atoms with E-state index in [1.54, 1.807) is 0 Å². The maximum atomic E-state index is 5.10. The Hall–Kier alpha value is -11.7. The van der Waals surface area contributed by atoms with Gasteiger partial charge in [0.05, 0.1) is 44.8 Å². The van der Waals surface area contributed by atoms with Gasteiger partial charge in [-0.2, -0.15) is 0 Å². The molecule has 0 saturated carbocycles. The molecule has 18 aromatic rings. The van der Waals surface area contributed by atoms with E-state index in [0.717, 1.165) is 67.5 Å². The van der Waals surface area contributed by atoms with Crippen LogP contribution in [0.3, 0.4) is 0 Å². The predicted octanol–water partition coefficient (Wildman–Crippen LogP) is 22.9. The lowest BCUT2D eigenvalue weighted by atomic mass is 10.1. The van der Waals surface area contributed by atoms with Crippen LogP contribution in [0.5, 0.6) is 0 Å². The molecule has 18 rings (SSSR count). The Bertz CT molecular complexity index is 5270. The van der Waals surface area contributed by atoms with Gasteiger partial charge >= 0.3 is 0 Å². The zero-order chi connectivity index (χ0) is 60.9. The predicted molar refractivity (Wildman–Crippen MR) is 387 cm³/mol. The molecule has 0 fully saturated rings. The number of benzene rings is 12. The second-order valence-electron chi connectivity index (χ2n) is 22.9. The maximum absolute atomic E-state index is 5.10. The van der Waals surface area contributed by atoms with Crippen LogP contribution >= 0.6 is 22.7 Å². The van der Waals surface area contributed by atoms with Gasteiger partial charge in [-0.25, -0.2) is 19.9 Å². The van der Waals surface area contributed by atoms with Gasteiger partial charge in [-0.15, -0.1) is 22.7 Å². The molecule has 0 aliphatic carbocycles. The smallest absolute Gasteiger partial charge is 0.160 e. The molecular weight excluding hydrogens is 1160 g/mol. The number of fused-ring (bicyclic) bond motifs is 10. The van der Waals surface area contributed by atoms with E-state index < -0.39 is 0 Å². The lowest BCUT2D eigenvalue weighted by molar-refractivity contribution is 1.16. The van der Waals surface area contributed by atoms with Gasteiger partial charge in [0, 0.05) is 85.5 Å². The van der Waals surface area contributed by atoms with E-state index in [9.17, 15) is 0 Å². The van der Waals surface area contributed by atoms with Crippen molar-refractivity contribution in [2.75, 3.05) is 0 Å². The summed E-state index contributed by atoms with van der Waals surface area (Å²) < 4.78 is 7.41. The summed E-state index contributed by atoms with van der Waals surface area (Å²) in [5, 5.41) is 7.65. The highest BCUT2D eigenvalue weighted by Gasteiger charge is 2.21. The summed E-state index contributed by atoms with van der Waals surface area (Å²) in [4.78, 5) is 22.9. The van der Waals surface area contributed by atoms with Gasteiger partial charge in [-0.1, -0.05) is 255 Å². The fourth-order valence-corrected chi connectivity index (χ4v) is 15.3. The maximum Gasteiger partial charge on any atom is 0.160 e. The fraction of sp³-hybridized carbons (Fsp3) is 0. The van der Waals surface area contributed by atoms with Crippen molar-refractivity contribution in [2.24, 2.45) is 0 Å². The van der Waals surface area contributed by atoms with Crippen molar-refractivity contribution in [3.05, 3.63) is 328 Å². The largest absolute Gasteiger partial charge is 0.309 e. The topological polar surface area (TPSA) is 61.4 Å². The van der Waals surface area contributed by atoms with Crippen LogP contribution in [0.25, 0.3) is 164 Å². The summed E-state index contributed by atoms with van der Waals surface area (Å²) in [6, 6.07) is 115. The first-order valence-electron chi connectivity index (χ1n) is 30.8. The van der Waals surface area contributed by atoms with Gasteiger partial charge in [0.1, 0.15) is 0 Å². The lowest BCUT2D eigenvalue weighted by Gasteiger charge is -2.12. The molecule has 0 aliphatic rings. The Balaban J connectivity index is 0.000000141. The van der Waals surface area contributed by atoms with Crippen molar-refractivity contribution in [3.63, 3.8) is 0 Å². The molecule has 92 heavy (non-hydrogen) atoms. The van der Waals surface area contributed by atoms with E-state index in [-0.39, 0.29) is 0 Å². The minimum absolute atomic E-state index is 0.705. The van der Waals surface area contributed by atoms with Crippen LogP contribution in [0.2, 0.25) is 0 Å². The summed E-state index contributed by atoms with van der Waals surface area (Å²) in [5.74, 6) is 1.42. The molecule has 0 N–H and O–H groups in total. The highest BCUT2D eigenvalue weighted by Crippen LogP contribution is 2.45. The summed E-state index contributed by atoms with van der Waals surface area (Å²) in [6.45, 7) is 0. The molecule has 6 nitrogen and oxygen atoms in total. The van der Waals surface area contributed by atoms with E-state index in [1.807, 2.05) is 59.1 Å². The van der Waals surface area contributed by atoms with Crippen LogP contribution in [0.15, 0.2) is 328 Å². The molecule has 8 heteroatoms. The van der Waals surface area contributed by atoms with Crippen molar-refractivity contribution < 1.29 is 0 Å². The zero-order valence-corrected chi connectivity index (χ0v) is 51.3. The minimum atomic E-state index is 0.705. The number of aromatic nitrogens is 6. The molecule has 0 spiro atoms. The Labute approximate surface area is 539 Å². The molecule has 6 heterocycles. The van der Waals surface area contributed by atoms with Gasteiger partial charge in [-0.05, 0) is 94.7 Å². The highest BCUT2D eigenvalue weighted by molar-refractivity contribution is 7.23. The van der Waals surface area contributed by atoms with Gasteiger partial charge in [0.25, 0.3) is 0 Å². The van der Waals surface area contributed by atoms with Crippen LogP contribution in [0.4, 0.5) is 0 Å². The van der Waals surface area contributed by atoms with E-state index >= 15 is 0 Å². The van der Waals surface area contributed by atoms with Crippen LogP contribution in [-0.2, 0) is 0 Å². The Morgan fingerprint density at radius 1 is 0.228 bits per heavy atom. The van der Waals surface area contributed by atoms with Crippen LogP contribution in [0.1, 0.15) is 0 Å². The molecule has 6 aromatic heterocycles. The van der Waals surface area contributed by atoms with Gasteiger partial charge in [0.15, 0.2) is 11.6 Å². The van der Waals surface area contributed by atoms with Crippen LogP contribution < -0.4 is 0 Å². The second-order valence-corrected chi connectivity index (χ2v) is 25.0. The molecule has 0 radical (unpaired) electrons.